The van der Waals surface area contributed by atoms with Crippen LogP contribution in [0.1, 0.15) is 13.3 Å². The van der Waals surface area contributed by atoms with Gasteiger partial charge in [-0.2, -0.15) is 0 Å². The third kappa shape index (κ3) is 0.900. The number of carbonyl (C=O) groups is 1. The van der Waals surface area contributed by atoms with E-state index in [9.17, 15) is 9.90 Å². The Bertz CT molecular complexity index is 151. The summed E-state index contributed by atoms with van der Waals surface area (Å²) in [6.45, 7) is 1.86. The zero-order chi connectivity index (χ0) is 6.91. The first-order valence-electron chi connectivity index (χ1n) is 3.05. The van der Waals surface area contributed by atoms with Crippen molar-refractivity contribution in [3.63, 3.8) is 0 Å². The summed E-state index contributed by atoms with van der Waals surface area (Å²) in [5.74, 6) is 0.0509. The Morgan fingerprint density at radius 3 is 2.78 bits per heavy atom. The number of carbonyl (C=O) groups excluding carboxylic acids is 1. The van der Waals surface area contributed by atoms with E-state index in [2.05, 4.69) is 0 Å². The van der Waals surface area contributed by atoms with Gasteiger partial charge in [-0.3, -0.25) is 4.79 Å². The zero-order valence-electron chi connectivity index (χ0n) is 5.37. The predicted octanol–water partition coefficient (Wildman–Crippen LogP) is 0.512. The van der Waals surface area contributed by atoms with Gasteiger partial charge in [-0.1, -0.05) is 13.0 Å². The van der Waals surface area contributed by atoms with E-state index in [0.717, 1.165) is 6.42 Å². The van der Waals surface area contributed by atoms with E-state index in [0.29, 0.717) is 6.29 Å². The molecule has 2 nitrogen and oxygen atoms in total. The summed E-state index contributed by atoms with van der Waals surface area (Å²) in [6.07, 6.45) is 4.79. The molecule has 0 bridgehead atoms. The normalized spacial score (nSPS) is 41.3. The second kappa shape index (κ2) is 1.95. The van der Waals surface area contributed by atoms with Crippen molar-refractivity contribution in [2.45, 2.75) is 18.9 Å². The van der Waals surface area contributed by atoms with E-state index in [1.165, 1.54) is 0 Å². The van der Waals surface area contributed by atoms with E-state index in [1.807, 2.05) is 13.0 Å². The molecule has 0 aromatic rings. The molecule has 0 aromatic heterocycles. The molecule has 0 radical (unpaired) electrons. The SMILES string of the molecule is CC1CC=CC1(O)C=O. The molecule has 0 heterocycles. The van der Waals surface area contributed by atoms with E-state index in [4.69, 9.17) is 0 Å². The molecule has 0 amide bonds. The van der Waals surface area contributed by atoms with Crippen molar-refractivity contribution in [3.8, 4) is 0 Å². The molecule has 1 aliphatic rings. The summed E-state index contributed by atoms with van der Waals surface area (Å²) in [5, 5.41) is 9.31. The fraction of sp³-hybridized carbons (Fsp3) is 0.571. The van der Waals surface area contributed by atoms with Crippen molar-refractivity contribution in [2.75, 3.05) is 0 Å². The molecule has 1 rings (SSSR count). The second-order valence-electron chi connectivity index (χ2n) is 2.54. The molecular weight excluding hydrogens is 116 g/mol. The topological polar surface area (TPSA) is 37.3 Å². The number of aldehydes is 1. The van der Waals surface area contributed by atoms with Gasteiger partial charge in [-0.05, 0) is 18.4 Å². The van der Waals surface area contributed by atoms with Crippen molar-refractivity contribution in [2.24, 2.45) is 5.92 Å². The molecule has 9 heavy (non-hydrogen) atoms. The summed E-state index contributed by atoms with van der Waals surface area (Å²) in [4.78, 5) is 10.2. The van der Waals surface area contributed by atoms with Gasteiger partial charge in [0.25, 0.3) is 0 Å². The molecule has 0 aromatic carbocycles. The van der Waals surface area contributed by atoms with Crippen LogP contribution in [0, 0.1) is 5.92 Å². The number of hydrogen-bond donors (Lipinski definition) is 1. The lowest BCUT2D eigenvalue weighted by molar-refractivity contribution is -0.122. The molecule has 0 saturated heterocycles. The second-order valence-corrected chi connectivity index (χ2v) is 2.54. The lowest BCUT2D eigenvalue weighted by Gasteiger charge is -2.18. The highest BCUT2D eigenvalue weighted by atomic mass is 16.3. The maximum atomic E-state index is 10.2. The summed E-state index contributed by atoms with van der Waals surface area (Å²) in [6, 6.07) is 0. The fourth-order valence-electron chi connectivity index (χ4n) is 0.969. The predicted molar refractivity (Wildman–Crippen MR) is 33.9 cm³/mol. The Morgan fingerprint density at radius 1 is 1.89 bits per heavy atom. The lowest BCUT2D eigenvalue weighted by atomic mass is 9.94. The Balaban J connectivity index is 2.78. The molecule has 2 unspecified atom stereocenters. The number of allylic oxidation sites excluding steroid dienone is 1. The quantitative estimate of drug-likeness (QED) is 0.410. The molecule has 2 atom stereocenters. The number of rotatable bonds is 1. The standard InChI is InChI=1S/C7H10O2/c1-6-3-2-4-7(6,9)5-8/h2,4-6,9H,3H2,1H3. The van der Waals surface area contributed by atoms with Crippen LogP contribution in [0.5, 0.6) is 0 Å². The molecule has 0 aliphatic heterocycles. The van der Waals surface area contributed by atoms with Gasteiger partial charge in [-0.15, -0.1) is 0 Å². The maximum Gasteiger partial charge on any atom is 0.155 e. The Labute approximate surface area is 54.2 Å². The fourth-order valence-corrected chi connectivity index (χ4v) is 0.969. The first-order valence-corrected chi connectivity index (χ1v) is 3.05. The van der Waals surface area contributed by atoms with Gasteiger partial charge in [0.05, 0.1) is 0 Å². The number of hydrogen-bond acceptors (Lipinski definition) is 2. The summed E-state index contributed by atoms with van der Waals surface area (Å²) in [5.41, 5.74) is -1.17. The zero-order valence-corrected chi connectivity index (χ0v) is 5.37. The van der Waals surface area contributed by atoms with Crippen molar-refractivity contribution < 1.29 is 9.90 Å². The highest BCUT2D eigenvalue weighted by Gasteiger charge is 2.33. The largest absolute Gasteiger partial charge is 0.378 e. The molecule has 50 valence electrons. The highest BCUT2D eigenvalue weighted by molar-refractivity contribution is 5.67. The van der Waals surface area contributed by atoms with Crippen LogP contribution >= 0.6 is 0 Å². The van der Waals surface area contributed by atoms with E-state index >= 15 is 0 Å². The molecule has 1 N–H and O–H groups in total. The minimum absolute atomic E-state index is 0.0509. The van der Waals surface area contributed by atoms with Crippen molar-refractivity contribution >= 4 is 6.29 Å². The van der Waals surface area contributed by atoms with E-state index in [-0.39, 0.29) is 5.92 Å². The summed E-state index contributed by atoms with van der Waals surface area (Å²) >= 11 is 0. The van der Waals surface area contributed by atoms with Crippen LogP contribution in [-0.2, 0) is 4.79 Å². The third-order valence-electron chi connectivity index (χ3n) is 1.85. The van der Waals surface area contributed by atoms with Crippen LogP contribution in [0.2, 0.25) is 0 Å². The minimum Gasteiger partial charge on any atom is -0.378 e. The third-order valence-corrected chi connectivity index (χ3v) is 1.85. The van der Waals surface area contributed by atoms with Crippen LogP contribution in [0.25, 0.3) is 0 Å². The molecule has 0 fully saturated rings. The molecule has 1 aliphatic carbocycles. The van der Waals surface area contributed by atoms with Crippen molar-refractivity contribution in [3.05, 3.63) is 12.2 Å². The average Bonchev–Trinajstić information content (AvgIpc) is 2.15. The van der Waals surface area contributed by atoms with Crippen LogP contribution < -0.4 is 0 Å². The molecule has 0 spiro atoms. The first kappa shape index (κ1) is 6.49. The molecule has 2 heteroatoms. The van der Waals surface area contributed by atoms with Crippen molar-refractivity contribution in [1.82, 2.24) is 0 Å². The monoisotopic (exact) mass is 126 g/mol. The summed E-state index contributed by atoms with van der Waals surface area (Å²) in [7, 11) is 0. The molecule has 0 saturated carbocycles. The Hall–Kier alpha value is -0.630. The number of aliphatic hydroxyl groups is 1. The van der Waals surface area contributed by atoms with Gasteiger partial charge in [0.2, 0.25) is 0 Å². The van der Waals surface area contributed by atoms with E-state index in [1.54, 1.807) is 6.08 Å². The summed E-state index contributed by atoms with van der Waals surface area (Å²) < 4.78 is 0. The van der Waals surface area contributed by atoms with Gasteiger partial charge >= 0.3 is 0 Å². The van der Waals surface area contributed by atoms with Gasteiger partial charge in [-0.25, -0.2) is 0 Å². The average molecular weight is 126 g/mol. The Morgan fingerprint density at radius 2 is 2.56 bits per heavy atom. The van der Waals surface area contributed by atoms with E-state index < -0.39 is 5.60 Å². The van der Waals surface area contributed by atoms with Gasteiger partial charge in [0, 0.05) is 0 Å². The van der Waals surface area contributed by atoms with Crippen LogP contribution in [0.15, 0.2) is 12.2 Å². The van der Waals surface area contributed by atoms with Crippen LogP contribution in [-0.4, -0.2) is 17.0 Å². The van der Waals surface area contributed by atoms with Crippen LogP contribution in [0.4, 0.5) is 0 Å². The van der Waals surface area contributed by atoms with Gasteiger partial charge in [0.15, 0.2) is 6.29 Å². The van der Waals surface area contributed by atoms with Gasteiger partial charge < -0.3 is 5.11 Å². The maximum absolute atomic E-state index is 10.2. The van der Waals surface area contributed by atoms with Crippen molar-refractivity contribution in [1.29, 1.82) is 0 Å². The van der Waals surface area contributed by atoms with Crippen LogP contribution in [0.3, 0.4) is 0 Å². The minimum atomic E-state index is -1.17. The first-order chi connectivity index (χ1) is 4.19. The highest BCUT2D eigenvalue weighted by Crippen LogP contribution is 2.26. The van der Waals surface area contributed by atoms with Gasteiger partial charge in [0.1, 0.15) is 5.60 Å². The lowest BCUT2D eigenvalue weighted by Crippen LogP contribution is -2.32. The Kier molecular flexibility index (Phi) is 1.41. The molecular formula is C7H10O2. The smallest absolute Gasteiger partial charge is 0.155 e.